The number of rotatable bonds is 3. The molecular formula is C15H11N3O2. The summed E-state index contributed by atoms with van der Waals surface area (Å²) in [6, 6.07) is 13.7. The average Bonchev–Trinajstić information content (AvgIpc) is 2.48. The summed E-state index contributed by atoms with van der Waals surface area (Å²) >= 11 is 0. The summed E-state index contributed by atoms with van der Waals surface area (Å²) in [6.45, 7) is 0. The van der Waals surface area contributed by atoms with Crippen LogP contribution in [0.15, 0.2) is 55.0 Å². The van der Waals surface area contributed by atoms with Crippen molar-refractivity contribution in [2.24, 2.45) is 0 Å². The quantitative estimate of drug-likeness (QED) is 0.761. The van der Waals surface area contributed by atoms with Crippen LogP contribution in [0.5, 0.6) is 0 Å². The van der Waals surface area contributed by atoms with Gasteiger partial charge in [-0.3, -0.25) is 0 Å². The van der Waals surface area contributed by atoms with Gasteiger partial charge in [-0.1, -0.05) is 36.4 Å². The molecule has 2 aromatic carbocycles. The van der Waals surface area contributed by atoms with Crippen molar-refractivity contribution in [1.29, 1.82) is 0 Å². The van der Waals surface area contributed by atoms with Gasteiger partial charge in [0.2, 0.25) is 0 Å². The second kappa shape index (κ2) is 4.97. The average molecular weight is 265 g/mol. The maximum Gasteiger partial charge on any atom is 0.341 e. The van der Waals surface area contributed by atoms with E-state index in [2.05, 4.69) is 15.3 Å². The number of nitrogens with one attached hydrogen (secondary N) is 1. The minimum Gasteiger partial charge on any atom is -0.477 e. The molecule has 0 saturated heterocycles. The molecule has 0 aliphatic heterocycles. The van der Waals surface area contributed by atoms with Crippen molar-refractivity contribution in [2.45, 2.75) is 0 Å². The third-order valence-electron chi connectivity index (χ3n) is 2.99. The predicted octanol–water partition coefficient (Wildman–Crippen LogP) is 3.07. The zero-order valence-corrected chi connectivity index (χ0v) is 10.4. The lowest BCUT2D eigenvalue weighted by Gasteiger charge is -2.10. The van der Waals surface area contributed by atoms with Gasteiger partial charge in [0.1, 0.15) is 17.7 Å². The summed E-state index contributed by atoms with van der Waals surface area (Å²) in [7, 11) is 0. The number of aromatic carboxylic acids is 1. The number of carbonyl (C=O) groups is 1. The molecule has 0 bridgehead atoms. The topological polar surface area (TPSA) is 75.1 Å². The highest BCUT2D eigenvalue weighted by atomic mass is 16.4. The van der Waals surface area contributed by atoms with Gasteiger partial charge < -0.3 is 10.4 Å². The molecule has 0 unspecified atom stereocenters. The predicted molar refractivity (Wildman–Crippen MR) is 76.2 cm³/mol. The molecule has 0 radical (unpaired) electrons. The summed E-state index contributed by atoms with van der Waals surface area (Å²) in [4.78, 5) is 18.9. The first-order chi connectivity index (χ1) is 9.75. The fourth-order valence-corrected chi connectivity index (χ4v) is 2.05. The Labute approximate surface area is 114 Å². The summed E-state index contributed by atoms with van der Waals surface area (Å²) in [6.07, 6.45) is 2.60. The number of benzene rings is 2. The van der Waals surface area contributed by atoms with E-state index in [-0.39, 0.29) is 11.4 Å². The minimum atomic E-state index is -1.06. The van der Waals surface area contributed by atoms with E-state index in [1.54, 1.807) is 0 Å². The first-order valence-corrected chi connectivity index (χ1v) is 6.04. The van der Waals surface area contributed by atoms with Gasteiger partial charge in [-0.05, 0) is 11.5 Å². The minimum absolute atomic E-state index is 0.0421. The summed E-state index contributed by atoms with van der Waals surface area (Å²) < 4.78 is 0. The first kappa shape index (κ1) is 12.1. The van der Waals surface area contributed by atoms with E-state index in [0.29, 0.717) is 0 Å². The third-order valence-corrected chi connectivity index (χ3v) is 2.99. The van der Waals surface area contributed by atoms with Crippen molar-refractivity contribution in [1.82, 2.24) is 9.97 Å². The largest absolute Gasteiger partial charge is 0.477 e. The monoisotopic (exact) mass is 265 g/mol. The Bertz CT molecular complexity index is 781. The van der Waals surface area contributed by atoms with Gasteiger partial charge in [0.25, 0.3) is 0 Å². The maximum atomic E-state index is 11.2. The van der Waals surface area contributed by atoms with E-state index in [1.807, 2.05) is 42.5 Å². The van der Waals surface area contributed by atoms with Crippen molar-refractivity contribution in [3.05, 3.63) is 60.6 Å². The summed E-state index contributed by atoms with van der Waals surface area (Å²) in [5.74, 6) is -0.780. The van der Waals surface area contributed by atoms with Crippen LogP contribution < -0.4 is 5.32 Å². The van der Waals surface area contributed by atoms with E-state index in [0.717, 1.165) is 16.5 Å². The van der Waals surface area contributed by atoms with Crippen LogP contribution in [0.3, 0.4) is 0 Å². The number of hydrogen-bond acceptors (Lipinski definition) is 4. The molecule has 0 spiro atoms. The van der Waals surface area contributed by atoms with Gasteiger partial charge >= 0.3 is 5.97 Å². The summed E-state index contributed by atoms with van der Waals surface area (Å²) in [5.41, 5.74) is 0.852. The molecule has 2 N–H and O–H groups in total. The fraction of sp³-hybridized carbons (Fsp3) is 0. The number of carboxylic acid groups (broad SMARTS) is 1. The molecule has 20 heavy (non-hydrogen) atoms. The second-order valence-corrected chi connectivity index (χ2v) is 4.24. The number of fused-ring (bicyclic) bond motifs is 1. The lowest BCUT2D eigenvalue weighted by atomic mass is 10.1. The molecule has 3 aromatic rings. The molecule has 5 heteroatoms. The number of nitrogens with zero attached hydrogens (tertiary/aromatic N) is 2. The second-order valence-electron chi connectivity index (χ2n) is 4.24. The van der Waals surface area contributed by atoms with Gasteiger partial charge in [0, 0.05) is 17.3 Å². The molecule has 0 aliphatic carbocycles. The van der Waals surface area contributed by atoms with Crippen LogP contribution in [-0.4, -0.2) is 21.0 Å². The molecule has 0 aliphatic rings. The van der Waals surface area contributed by atoms with Gasteiger partial charge in [-0.25, -0.2) is 14.8 Å². The molecule has 0 amide bonds. The highest BCUT2D eigenvalue weighted by Gasteiger charge is 2.12. The van der Waals surface area contributed by atoms with Gasteiger partial charge in [0.15, 0.2) is 0 Å². The molecule has 5 nitrogen and oxygen atoms in total. The van der Waals surface area contributed by atoms with Crippen molar-refractivity contribution < 1.29 is 9.90 Å². The van der Waals surface area contributed by atoms with Crippen LogP contribution in [0.1, 0.15) is 10.4 Å². The smallest absolute Gasteiger partial charge is 0.341 e. The number of hydrogen-bond donors (Lipinski definition) is 2. The zero-order valence-electron chi connectivity index (χ0n) is 10.4. The lowest BCUT2D eigenvalue weighted by molar-refractivity contribution is 0.0697. The zero-order chi connectivity index (χ0) is 13.9. The van der Waals surface area contributed by atoms with Crippen LogP contribution >= 0.6 is 0 Å². The Morgan fingerprint density at radius 3 is 2.75 bits per heavy atom. The Morgan fingerprint density at radius 2 is 1.90 bits per heavy atom. The van der Waals surface area contributed by atoms with Crippen LogP contribution in [0.4, 0.5) is 11.5 Å². The van der Waals surface area contributed by atoms with Gasteiger partial charge in [0.05, 0.1) is 0 Å². The van der Waals surface area contributed by atoms with E-state index >= 15 is 0 Å². The van der Waals surface area contributed by atoms with Gasteiger partial charge in [-0.2, -0.15) is 0 Å². The summed E-state index contributed by atoms with van der Waals surface area (Å²) in [5, 5.41) is 14.3. The van der Waals surface area contributed by atoms with Crippen LogP contribution in [-0.2, 0) is 0 Å². The van der Waals surface area contributed by atoms with Crippen molar-refractivity contribution in [3.63, 3.8) is 0 Å². The SMILES string of the molecule is O=C(O)c1cncnc1Nc1cccc2ccccc12. The van der Waals surface area contributed by atoms with E-state index in [9.17, 15) is 4.79 Å². The molecule has 0 saturated carbocycles. The number of aromatic nitrogens is 2. The molecule has 1 aromatic heterocycles. The van der Waals surface area contributed by atoms with Crippen molar-refractivity contribution in [3.8, 4) is 0 Å². The van der Waals surface area contributed by atoms with Crippen molar-refractivity contribution >= 4 is 28.2 Å². The van der Waals surface area contributed by atoms with Crippen LogP contribution in [0.25, 0.3) is 10.8 Å². The maximum absolute atomic E-state index is 11.2. The Morgan fingerprint density at radius 1 is 1.10 bits per heavy atom. The lowest BCUT2D eigenvalue weighted by Crippen LogP contribution is -2.05. The number of carboxylic acids is 1. The van der Waals surface area contributed by atoms with E-state index < -0.39 is 5.97 Å². The highest BCUT2D eigenvalue weighted by molar-refractivity contribution is 5.98. The first-order valence-electron chi connectivity index (χ1n) is 6.04. The highest BCUT2D eigenvalue weighted by Crippen LogP contribution is 2.26. The normalized spacial score (nSPS) is 10.4. The molecule has 1 heterocycles. The Kier molecular flexibility index (Phi) is 3.01. The standard InChI is InChI=1S/C15H11N3O2/c19-15(20)12-8-16-9-17-14(12)18-13-7-3-5-10-4-1-2-6-11(10)13/h1-9H,(H,19,20)(H,16,17,18). The molecule has 3 rings (SSSR count). The molecule has 0 fully saturated rings. The fourth-order valence-electron chi connectivity index (χ4n) is 2.05. The Hall–Kier alpha value is -2.95. The van der Waals surface area contributed by atoms with Crippen LogP contribution in [0, 0.1) is 0 Å². The van der Waals surface area contributed by atoms with Crippen LogP contribution in [0.2, 0.25) is 0 Å². The molecular weight excluding hydrogens is 254 g/mol. The van der Waals surface area contributed by atoms with Gasteiger partial charge in [-0.15, -0.1) is 0 Å². The van der Waals surface area contributed by atoms with Crippen molar-refractivity contribution in [2.75, 3.05) is 5.32 Å². The number of anilines is 2. The van der Waals surface area contributed by atoms with E-state index in [4.69, 9.17) is 5.11 Å². The third kappa shape index (κ3) is 2.16. The molecule has 0 atom stereocenters. The van der Waals surface area contributed by atoms with E-state index in [1.165, 1.54) is 12.5 Å². The Balaban J connectivity index is 2.08. The molecule has 98 valence electrons.